The monoisotopic (exact) mass is 370 g/mol. The van der Waals surface area contributed by atoms with Crippen LogP contribution in [0.1, 0.15) is 11.1 Å². The summed E-state index contributed by atoms with van der Waals surface area (Å²) in [6.07, 6.45) is 0.675. The van der Waals surface area contributed by atoms with Gasteiger partial charge in [-0.3, -0.25) is 9.59 Å². The van der Waals surface area contributed by atoms with Crippen molar-refractivity contribution >= 4 is 11.8 Å². The van der Waals surface area contributed by atoms with Crippen LogP contribution in [0.15, 0.2) is 54.6 Å². The summed E-state index contributed by atoms with van der Waals surface area (Å²) in [5, 5.41) is 14.8. The summed E-state index contributed by atoms with van der Waals surface area (Å²) in [4.78, 5) is 23.6. The highest BCUT2D eigenvalue weighted by molar-refractivity contribution is 5.85. The lowest BCUT2D eigenvalue weighted by Gasteiger charge is -2.15. The number of ether oxygens (including phenoxy) is 1. The van der Waals surface area contributed by atoms with E-state index in [4.69, 9.17) is 4.74 Å². The zero-order valence-corrected chi connectivity index (χ0v) is 15.5. The fourth-order valence-electron chi connectivity index (χ4n) is 2.47. The molecule has 0 fully saturated rings. The lowest BCUT2D eigenvalue weighted by Crippen LogP contribution is -2.41. The van der Waals surface area contributed by atoms with Gasteiger partial charge in [0.2, 0.25) is 5.91 Å². The molecule has 0 unspecified atom stereocenters. The van der Waals surface area contributed by atoms with Crippen LogP contribution in [-0.2, 0) is 16.0 Å². The van der Waals surface area contributed by atoms with Crippen LogP contribution in [0.25, 0.3) is 0 Å². The molecule has 0 saturated carbocycles. The van der Waals surface area contributed by atoms with Crippen molar-refractivity contribution in [2.75, 3.05) is 26.3 Å². The van der Waals surface area contributed by atoms with Gasteiger partial charge in [0.15, 0.2) is 6.61 Å². The molecule has 6 nitrogen and oxygen atoms in total. The van der Waals surface area contributed by atoms with Crippen LogP contribution < -0.4 is 15.4 Å². The Balaban J connectivity index is 1.65. The van der Waals surface area contributed by atoms with Crippen molar-refractivity contribution in [3.8, 4) is 5.75 Å². The maximum absolute atomic E-state index is 11.9. The summed E-state index contributed by atoms with van der Waals surface area (Å²) in [6, 6.07) is 17.1. The van der Waals surface area contributed by atoms with E-state index in [0.717, 1.165) is 5.56 Å². The van der Waals surface area contributed by atoms with Crippen LogP contribution in [-0.4, -0.2) is 43.2 Å². The summed E-state index contributed by atoms with van der Waals surface area (Å²) in [7, 11) is 0. The smallest absolute Gasteiger partial charge is 0.258 e. The molecule has 6 heteroatoms. The highest BCUT2D eigenvalue weighted by Gasteiger charge is 2.12. The highest BCUT2D eigenvalue weighted by Crippen LogP contribution is 2.10. The second-order valence-electron chi connectivity index (χ2n) is 6.42. The van der Waals surface area contributed by atoms with E-state index in [-0.39, 0.29) is 37.5 Å². The van der Waals surface area contributed by atoms with Gasteiger partial charge in [0.05, 0.1) is 6.54 Å². The van der Waals surface area contributed by atoms with Crippen LogP contribution in [0, 0.1) is 12.8 Å². The Hall–Kier alpha value is -2.86. The van der Waals surface area contributed by atoms with Crippen molar-refractivity contribution < 1.29 is 19.4 Å². The molecule has 0 saturated heterocycles. The van der Waals surface area contributed by atoms with Gasteiger partial charge in [-0.25, -0.2) is 0 Å². The Morgan fingerprint density at radius 2 is 1.70 bits per heavy atom. The molecule has 1 atom stereocenters. The molecule has 0 aromatic heterocycles. The first-order chi connectivity index (χ1) is 13.1. The Morgan fingerprint density at radius 1 is 1.00 bits per heavy atom. The Morgan fingerprint density at radius 3 is 2.37 bits per heavy atom. The van der Waals surface area contributed by atoms with Gasteiger partial charge in [0.1, 0.15) is 5.75 Å². The molecule has 0 aliphatic rings. The predicted molar refractivity (Wildman–Crippen MR) is 103 cm³/mol. The number of para-hydroxylation sites is 1. The van der Waals surface area contributed by atoms with Gasteiger partial charge in [-0.1, -0.05) is 48.0 Å². The number of aryl methyl sites for hydroxylation is 1. The summed E-state index contributed by atoms with van der Waals surface area (Å²) in [5.74, 6) is -0.148. The van der Waals surface area contributed by atoms with E-state index in [1.54, 1.807) is 12.1 Å². The maximum Gasteiger partial charge on any atom is 0.258 e. The van der Waals surface area contributed by atoms with E-state index in [2.05, 4.69) is 10.6 Å². The molecule has 2 amide bonds. The van der Waals surface area contributed by atoms with Crippen molar-refractivity contribution in [1.82, 2.24) is 10.6 Å². The van der Waals surface area contributed by atoms with Gasteiger partial charge in [0, 0.05) is 19.1 Å². The first kappa shape index (κ1) is 20.5. The molecule has 2 aromatic rings. The number of carbonyl (C=O) groups is 2. The minimum atomic E-state index is -0.368. The molecule has 0 spiro atoms. The molecule has 2 aromatic carbocycles. The number of benzene rings is 2. The maximum atomic E-state index is 11.9. The fraction of sp³-hybridized carbons (Fsp3) is 0.333. The number of aliphatic hydroxyl groups excluding tert-OH is 1. The molecule has 0 aliphatic heterocycles. The fourth-order valence-corrected chi connectivity index (χ4v) is 2.47. The molecule has 0 heterocycles. The third-order valence-corrected chi connectivity index (χ3v) is 4.05. The number of hydrogen-bond donors (Lipinski definition) is 3. The van der Waals surface area contributed by atoms with Gasteiger partial charge in [-0.05, 0) is 31.0 Å². The van der Waals surface area contributed by atoms with Crippen molar-refractivity contribution in [3.63, 3.8) is 0 Å². The van der Waals surface area contributed by atoms with Gasteiger partial charge in [-0.2, -0.15) is 0 Å². The Kier molecular flexibility index (Phi) is 8.32. The number of aliphatic hydroxyl groups is 1. The zero-order valence-electron chi connectivity index (χ0n) is 15.5. The topological polar surface area (TPSA) is 87.7 Å². The third-order valence-electron chi connectivity index (χ3n) is 4.05. The van der Waals surface area contributed by atoms with Gasteiger partial charge in [0.25, 0.3) is 5.91 Å². The van der Waals surface area contributed by atoms with Crippen LogP contribution in [0.4, 0.5) is 0 Å². The average Bonchev–Trinajstić information content (AvgIpc) is 2.70. The average molecular weight is 370 g/mol. The van der Waals surface area contributed by atoms with Crippen LogP contribution in [0.3, 0.4) is 0 Å². The summed E-state index contributed by atoms with van der Waals surface area (Å²) >= 11 is 0. The quantitative estimate of drug-likeness (QED) is 0.591. The number of hydrogen-bond acceptors (Lipinski definition) is 4. The number of carbonyl (C=O) groups excluding carboxylic acids is 2. The molecular formula is C21H26N2O4. The number of nitrogens with one attached hydrogen (secondary N) is 2. The molecule has 3 N–H and O–H groups in total. The van der Waals surface area contributed by atoms with E-state index < -0.39 is 0 Å². The molecule has 144 valence electrons. The van der Waals surface area contributed by atoms with E-state index in [1.165, 1.54) is 5.56 Å². The van der Waals surface area contributed by atoms with Crippen LogP contribution in [0.5, 0.6) is 5.75 Å². The zero-order chi connectivity index (χ0) is 19.5. The van der Waals surface area contributed by atoms with Crippen LogP contribution >= 0.6 is 0 Å². The minimum Gasteiger partial charge on any atom is -0.484 e. The normalized spacial score (nSPS) is 11.5. The number of rotatable bonds is 10. The van der Waals surface area contributed by atoms with Crippen molar-refractivity contribution in [3.05, 3.63) is 65.7 Å². The SMILES string of the molecule is Cc1ccc(C[C@@H](CO)CNC(=O)CNC(=O)COc2ccccc2)cc1. The Labute approximate surface area is 159 Å². The lowest BCUT2D eigenvalue weighted by molar-refractivity contribution is -0.127. The van der Waals surface area contributed by atoms with E-state index >= 15 is 0 Å². The van der Waals surface area contributed by atoms with Gasteiger partial charge in [-0.15, -0.1) is 0 Å². The second kappa shape index (κ2) is 11.0. The minimum absolute atomic E-state index is 0.0224. The molecule has 0 aliphatic carbocycles. The molecule has 0 radical (unpaired) electrons. The van der Waals surface area contributed by atoms with Crippen molar-refractivity contribution in [1.29, 1.82) is 0 Å². The van der Waals surface area contributed by atoms with Gasteiger partial charge < -0.3 is 20.5 Å². The first-order valence-electron chi connectivity index (χ1n) is 8.94. The summed E-state index contributed by atoms with van der Waals surface area (Å²) in [5.41, 5.74) is 2.29. The Bertz CT molecular complexity index is 717. The summed E-state index contributed by atoms with van der Waals surface area (Å²) in [6.45, 7) is 2.07. The van der Waals surface area contributed by atoms with E-state index in [0.29, 0.717) is 18.7 Å². The molecule has 27 heavy (non-hydrogen) atoms. The van der Waals surface area contributed by atoms with Crippen molar-refractivity contribution in [2.45, 2.75) is 13.3 Å². The van der Waals surface area contributed by atoms with Crippen molar-refractivity contribution in [2.24, 2.45) is 5.92 Å². The predicted octanol–water partition coefficient (Wildman–Crippen LogP) is 1.46. The summed E-state index contributed by atoms with van der Waals surface area (Å²) < 4.78 is 5.31. The van der Waals surface area contributed by atoms with Crippen LogP contribution in [0.2, 0.25) is 0 Å². The second-order valence-corrected chi connectivity index (χ2v) is 6.42. The van der Waals surface area contributed by atoms with E-state index in [9.17, 15) is 14.7 Å². The standard InChI is InChI=1S/C21H26N2O4/c1-16-7-9-17(10-8-16)11-18(14-24)12-22-20(25)13-23-21(26)15-27-19-5-3-2-4-6-19/h2-10,18,24H,11-15H2,1H3,(H,22,25)(H,23,26)/t18-/m1/s1. The third kappa shape index (κ3) is 7.92. The molecule has 2 rings (SSSR count). The van der Waals surface area contributed by atoms with Gasteiger partial charge >= 0.3 is 0 Å². The highest BCUT2D eigenvalue weighted by atomic mass is 16.5. The lowest BCUT2D eigenvalue weighted by atomic mass is 9.99. The first-order valence-corrected chi connectivity index (χ1v) is 8.94. The number of amides is 2. The molecular weight excluding hydrogens is 344 g/mol. The largest absolute Gasteiger partial charge is 0.484 e. The molecule has 0 bridgehead atoms. The van der Waals surface area contributed by atoms with E-state index in [1.807, 2.05) is 49.4 Å².